The summed E-state index contributed by atoms with van der Waals surface area (Å²) in [6.45, 7) is 2.84. The van der Waals surface area contributed by atoms with Gasteiger partial charge < -0.3 is 10.2 Å². The number of anilines is 1. The third-order valence-corrected chi connectivity index (χ3v) is 8.78. The molecule has 0 fully saturated rings. The van der Waals surface area contributed by atoms with Gasteiger partial charge in [0.2, 0.25) is 11.8 Å². The first kappa shape index (κ1) is 30.5. The summed E-state index contributed by atoms with van der Waals surface area (Å²) in [7, 11) is -2.73. The number of hydrogen-bond donors (Lipinski definition) is 1. The van der Waals surface area contributed by atoms with E-state index in [1.54, 1.807) is 48.5 Å². The third-order valence-electron chi connectivity index (χ3n) is 6.99. The molecule has 0 aromatic heterocycles. The maximum atomic E-state index is 14.9. The molecule has 9 heteroatoms. The number of amides is 2. The molecule has 4 aromatic carbocycles. The SMILES string of the molecule is CNC(=O)C(Cc1ccccc1)N(Cc1ccccc1F)C(=O)CN(c1cccc(C)c1)S(=O)(=O)c1ccc(C)cc1. The van der Waals surface area contributed by atoms with Crippen molar-refractivity contribution in [2.75, 3.05) is 17.9 Å². The van der Waals surface area contributed by atoms with E-state index in [0.717, 1.165) is 21.0 Å². The van der Waals surface area contributed by atoms with Gasteiger partial charge in [-0.3, -0.25) is 13.9 Å². The Morgan fingerprint density at radius 1 is 0.833 bits per heavy atom. The van der Waals surface area contributed by atoms with Crippen LogP contribution in [0.1, 0.15) is 22.3 Å². The van der Waals surface area contributed by atoms with Crippen LogP contribution in [0.4, 0.5) is 10.1 Å². The second-order valence-electron chi connectivity index (χ2n) is 10.1. The number of nitrogens with one attached hydrogen (secondary N) is 1. The monoisotopic (exact) mass is 587 g/mol. The van der Waals surface area contributed by atoms with E-state index in [0.29, 0.717) is 5.69 Å². The van der Waals surface area contributed by atoms with Gasteiger partial charge in [-0.25, -0.2) is 12.8 Å². The molecule has 0 spiro atoms. The number of likely N-dealkylation sites (N-methyl/N-ethyl adjacent to an activating group) is 1. The predicted molar refractivity (Wildman–Crippen MR) is 162 cm³/mol. The molecule has 0 heterocycles. The molecule has 7 nitrogen and oxygen atoms in total. The van der Waals surface area contributed by atoms with Crippen LogP contribution in [0.2, 0.25) is 0 Å². The molecule has 4 rings (SSSR count). The van der Waals surface area contributed by atoms with Gasteiger partial charge in [0.15, 0.2) is 0 Å². The Labute approximate surface area is 246 Å². The van der Waals surface area contributed by atoms with E-state index in [1.807, 2.05) is 50.2 Å². The number of nitrogens with zero attached hydrogens (tertiary/aromatic N) is 2. The van der Waals surface area contributed by atoms with Crippen molar-refractivity contribution in [1.82, 2.24) is 10.2 Å². The van der Waals surface area contributed by atoms with Crippen molar-refractivity contribution >= 4 is 27.5 Å². The Bertz CT molecular complexity index is 1640. The molecule has 2 amide bonds. The van der Waals surface area contributed by atoms with E-state index >= 15 is 0 Å². The number of hydrogen-bond acceptors (Lipinski definition) is 4. The summed E-state index contributed by atoms with van der Waals surface area (Å²) in [6, 6.07) is 27.4. The number of aryl methyl sites for hydroxylation is 2. The molecule has 1 unspecified atom stereocenters. The van der Waals surface area contributed by atoms with Crippen LogP contribution in [0.3, 0.4) is 0 Å². The summed E-state index contributed by atoms with van der Waals surface area (Å²) >= 11 is 0. The van der Waals surface area contributed by atoms with E-state index in [-0.39, 0.29) is 23.4 Å². The minimum Gasteiger partial charge on any atom is -0.357 e. The number of carbonyl (C=O) groups excluding carboxylic acids is 2. The Kier molecular flexibility index (Phi) is 9.75. The first-order chi connectivity index (χ1) is 20.1. The normalized spacial score (nSPS) is 11.9. The minimum atomic E-state index is -4.20. The molecule has 0 radical (unpaired) electrons. The third kappa shape index (κ3) is 7.22. The molecule has 0 aliphatic heterocycles. The first-order valence-electron chi connectivity index (χ1n) is 13.5. The Balaban J connectivity index is 1.80. The molecular weight excluding hydrogens is 553 g/mol. The van der Waals surface area contributed by atoms with Gasteiger partial charge in [-0.05, 0) is 55.3 Å². The van der Waals surface area contributed by atoms with Gasteiger partial charge in [-0.1, -0.05) is 78.4 Å². The summed E-state index contributed by atoms with van der Waals surface area (Å²) in [5.41, 5.74) is 2.99. The van der Waals surface area contributed by atoms with Crippen molar-refractivity contribution in [2.45, 2.75) is 37.8 Å². The summed E-state index contributed by atoms with van der Waals surface area (Å²) in [5, 5.41) is 2.62. The van der Waals surface area contributed by atoms with Crippen molar-refractivity contribution in [3.63, 3.8) is 0 Å². The second kappa shape index (κ2) is 13.4. The molecule has 218 valence electrons. The van der Waals surface area contributed by atoms with Crippen molar-refractivity contribution in [3.05, 3.63) is 131 Å². The molecule has 4 aromatic rings. The smallest absolute Gasteiger partial charge is 0.264 e. The van der Waals surface area contributed by atoms with Crippen LogP contribution in [0.25, 0.3) is 0 Å². The highest BCUT2D eigenvalue weighted by atomic mass is 32.2. The maximum absolute atomic E-state index is 14.9. The zero-order chi connectivity index (χ0) is 30.3. The summed E-state index contributed by atoms with van der Waals surface area (Å²) in [4.78, 5) is 28.8. The highest BCUT2D eigenvalue weighted by Crippen LogP contribution is 2.26. The van der Waals surface area contributed by atoms with Crippen LogP contribution in [0.5, 0.6) is 0 Å². The van der Waals surface area contributed by atoms with Crippen LogP contribution < -0.4 is 9.62 Å². The number of rotatable bonds is 11. The molecule has 1 N–H and O–H groups in total. The van der Waals surface area contributed by atoms with Crippen LogP contribution in [0.15, 0.2) is 108 Å². The minimum absolute atomic E-state index is 0.0233. The molecular formula is C33H34FN3O4S. The summed E-state index contributed by atoms with van der Waals surface area (Å²) < 4.78 is 43.9. The molecule has 0 saturated carbocycles. The van der Waals surface area contributed by atoms with Gasteiger partial charge in [0.05, 0.1) is 10.6 Å². The van der Waals surface area contributed by atoms with Crippen molar-refractivity contribution in [3.8, 4) is 0 Å². The molecule has 0 bridgehead atoms. The summed E-state index contributed by atoms with van der Waals surface area (Å²) in [6.07, 6.45) is 0.149. The van der Waals surface area contributed by atoms with Gasteiger partial charge in [-0.2, -0.15) is 0 Å². The standard InChI is InChI=1S/C33H34FN3O4S/c1-24-16-18-29(19-17-24)42(40,41)37(28-14-9-10-25(2)20-28)23-32(38)36(22-27-13-7-8-15-30(27)34)31(33(39)35-3)21-26-11-5-4-6-12-26/h4-20,31H,21-23H2,1-3H3,(H,35,39). The van der Waals surface area contributed by atoms with Crippen molar-refractivity contribution < 1.29 is 22.4 Å². The van der Waals surface area contributed by atoms with Crippen LogP contribution >= 0.6 is 0 Å². The largest absolute Gasteiger partial charge is 0.357 e. The van der Waals surface area contributed by atoms with Gasteiger partial charge in [-0.15, -0.1) is 0 Å². The van der Waals surface area contributed by atoms with E-state index in [1.165, 1.54) is 30.1 Å². The second-order valence-corrected chi connectivity index (χ2v) is 12.0. The Morgan fingerprint density at radius 2 is 1.50 bits per heavy atom. The van der Waals surface area contributed by atoms with Gasteiger partial charge >= 0.3 is 0 Å². The fourth-order valence-corrected chi connectivity index (χ4v) is 6.09. The van der Waals surface area contributed by atoms with Crippen LogP contribution in [-0.2, 0) is 32.6 Å². The fourth-order valence-electron chi connectivity index (χ4n) is 4.68. The molecule has 0 aliphatic rings. The van der Waals surface area contributed by atoms with Crippen LogP contribution in [0, 0.1) is 19.7 Å². The quantitative estimate of drug-likeness (QED) is 0.267. The van der Waals surface area contributed by atoms with E-state index in [9.17, 15) is 22.4 Å². The lowest BCUT2D eigenvalue weighted by molar-refractivity contribution is -0.139. The lowest BCUT2D eigenvalue weighted by atomic mass is 10.0. The molecule has 0 aliphatic carbocycles. The topological polar surface area (TPSA) is 86.8 Å². The Hall–Kier alpha value is -4.50. The van der Waals surface area contributed by atoms with Crippen molar-refractivity contribution in [2.24, 2.45) is 0 Å². The van der Waals surface area contributed by atoms with Gasteiger partial charge in [0.1, 0.15) is 18.4 Å². The zero-order valence-electron chi connectivity index (χ0n) is 23.8. The van der Waals surface area contributed by atoms with Gasteiger partial charge in [0.25, 0.3) is 10.0 Å². The number of benzene rings is 4. The van der Waals surface area contributed by atoms with Crippen LogP contribution in [-0.4, -0.2) is 44.8 Å². The molecule has 0 saturated heterocycles. The average Bonchev–Trinajstić information content (AvgIpc) is 2.98. The highest BCUT2D eigenvalue weighted by molar-refractivity contribution is 7.92. The van der Waals surface area contributed by atoms with E-state index in [4.69, 9.17) is 0 Å². The maximum Gasteiger partial charge on any atom is 0.264 e. The van der Waals surface area contributed by atoms with E-state index in [2.05, 4.69) is 5.32 Å². The number of sulfonamides is 1. The summed E-state index contributed by atoms with van der Waals surface area (Å²) in [5.74, 6) is -1.64. The fraction of sp³-hybridized carbons (Fsp3) is 0.212. The zero-order valence-corrected chi connectivity index (χ0v) is 24.6. The number of carbonyl (C=O) groups is 2. The lowest BCUT2D eigenvalue weighted by Gasteiger charge is -2.33. The van der Waals surface area contributed by atoms with E-state index < -0.39 is 40.2 Å². The lowest BCUT2D eigenvalue weighted by Crippen LogP contribution is -2.53. The highest BCUT2D eigenvalue weighted by Gasteiger charge is 2.34. The predicted octanol–water partition coefficient (Wildman–Crippen LogP) is 5.02. The first-order valence-corrected chi connectivity index (χ1v) is 15.0. The van der Waals surface area contributed by atoms with Gasteiger partial charge in [0, 0.05) is 25.6 Å². The average molecular weight is 588 g/mol. The molecule has 42 heavy (non-hydrogen) atoms. The van der Waals surface area contributed by atoms with Crippen molar-refractivity contribution in [1.29, 1.82) is 0 Å². The number of halogens is 1. The molecule has 1 atom stereocenters. The Morgan fingerprint density at radius 3 is 2.14 bits per heavy atom.